The lowest BCUT2D eigenvalue weighted by Gasteiger charge is -2.34. The Morgan fingerprint density at radius 2 is 1.77 bits per heavy atom. The number of nitrogens with one attached hydrogen (secondary N) is 2. The van der Waals surface area contributed by atoms with Gasteiger partial charge in [0.15, 0.2) is 5.78 Å². The molecule has 1 aliphatic heterocycles. The number of aryl methyl sites for hydroxylation is 2. The number of ketones is 1. The molecule has 1 aliphatic rings. The highest BCUT2D eigenvalue weighted by molar-refractivity contribution is 6.30. The van der Waals surface area contributed by atoms with Crippen LogP contribution in [0.15, 0.2) is 30.3 Å². The molecule has 0 unspecified atom stereocenters. The van der Waals surface area contributed by atoms with E-state index in [9.17, 15) is 9.59 Å². The molecule has 2 N–H and O–H groups in total. The fraction of sp³-hybridized carbons (Fsp3) is 0.368. The van der Waals surface area contributed by atoms with Gasteiger partial charge in [0, 0.05) is 53.8 Å². The third-order valence-electron chi connectivity index (χ3n) is 4.57. The van der Waals surface area contributed by atoms with Crippen molar-refractivity contribution in [1.29, 1.82) is 0 Å². The molecule has 1 aromatic heterocycles. The number of benzene rings is 1. The van der Waals surface area contributed by atoms with Crippen molar-refractivity contribution in [3.05, 3.63) is 52.3 Å². The molecule has 1 saturated heterocycles. The first-order chi connectivity index (χ1) is 12.4. The molecule has 6 nitrogen and oxygen atoms in total. The summed E-state index contributed by atoms with van der Waals surface area (Å²) in [5, 5.41) is 3.50. The summed E-state index contributed by atoms with van der Waals surface area (Å²) in [4.78, 5) is 31.8. The van der Waals surface area contributed by atoms with Gasteiger partial charge in [-0.1, -0.05) is 11.6 Å². The number of carbonyl (C=O) groups excluding carboxylic acids is 2. The lowest BCUT2D eigenvalue weighted by atomic mass is 10.1. The van der Waals surface area contributed by atoms with Gasteiger partial charge < -0.3 is 15.2 Å². The minimum absolute atomic E-state index is 0.117. The second-order valence-electron chi connectivity index (χ2n) is 6.61. The number of H-pyrrole nitrogens is 1. The zero-order chi connectivity index (χ0) is 18.7. The molecule has 3 rings (SSSR count). The highest BCUT2D eigenvalue weighted by atomic mass is 35.5. The molecular weight excluding hydrogens is 352 g/mol. The first-order valence-electron chi connectivity index (χ1n) is 8.65. The smallest absolute Gasteiger partial charge is 0.321 e. The van der Waals surface area contributed by atoms with E-state index in [4.69, 9.17) is 11.6 Å². The maximum atomic E-state index is 12.5. The first-order valence-corrected chi connectivity index (χ1v) is 9.03. The average molecular weight is 375 g/mol. The van der Waals surface area contributed by atoms with Gasteiger partial charge >= 0.3 is 6.03 Å². The number of Topliss-reactive ketones (excluding diaryl/α,β-unsaturated/α-hetero) is 1. The fourth-order valence-electron chi connectivity index (χ4n) is 3.15. The average Bonchev–Trinajstić information content (AvgIpc) is 2.96. The number of halogens is 1. The van der Waals surface area contributed by atoms with Gasteiger partial charge in [0.1, 0.15) is 0 Å². The number of aromatic nitrogens is 1. The van der Waals surface area contributed by atoms with Crippen molar-refractivity contribution >= 4 is 29.1 Å². The molecule has 1 fully saturated rings. The first kappa shape index (κ1) is 18.5. The van der Waals surface area contributed by atoms with Crippen LogP contribution in [-0.2, 0) is 0 Å². The third-order valence-corrected chi connectivity index (χ3v) is 4.82. The third kappa shape index (κ3) is 4.45. The number of nitrogens with zero attached hydrogens (tertiary/aromatic N) is 2. The van der Waals surface area contributed by atoms with Crippen LogP contribution in [0.5, 0.6) is 0 Å². The van der Waals surface area contributed by atoms with Crippen LogP contribution in [0.4, 0.5) is 10.5 Å². The maximum Gasteiger partial charge on any atom is 0.321 e. The molecule has 0 aliphatic carbocycles. The predicted molar refractivity (Wildman–Crippen MR) is 103 cm³/mol. The number of aromatic amines is 1. The SMILES string of the molecule is Cc1cc(C(=O)CN2CCN(C(=O)Nc3ccc(Cl)cc3)CC2)c(C)[nH]1. The quantitative estimate of drug-likeness (QED) is 0.806. The molecule has 0 atom stereocenters. The number of rotatable bonds is 4. The van der Waals surface area contributed by atoms with Crippen LogP contribution < -0.4 is 5.32 Å². The second-order valence-corrected chi connectivity index (χ2v) is 7.05. The van der Waals surface area contributed by atoms with E-state index in [0.717, 1.165) is 22.6 Å². The lowest BCUT2D eigenvalue weighted by molar-refractivity contribution is 0.0883. The molecule has 138 valence electrons. The minimum Gasteiger partial charge on any atom is -0.362 e. The maximum absolute atomic E-state index is 12.5. The molecule has 2 heterocycles. The van der Waals surface area contributed by atoms with Crippen molar-refractivity contribution in [2.75, 3.05) is 38.0 Å². The van der Waals surface area contributed by atoms with Crippen LogP contribution in [0.1, 0.15) is 21.7 Å². The van der Waals surface area contributed by atoms with E-state index < -0.39 is 0 Å². The van der Waals surface area contributed by atoms with Crippen molar-refractivity contribution in [2.24, 2.45) is 0 Å². The molecule has 0 radical (unpaired) electrons. The molecule has 1 aromatic carbocycles. The second kappa shape index (κ2) is 7.93. The van der Waals surface area contributed by atoms with Gasteiger partial charge in [-0.2, -0.15) is 0 Å². The Kier molecular flexibility index (Phi) is 5.64. The number of amides is 2. The van der Waals surface area contributed by atoms with Crippen molar-refractivity contribution in [1.82, 2.24) is 14.8 Å². The molecule has 2 amide bonds. The summed E-state index contributed by atoms with van der Waals surface area (Å²) in [7, 11) is 0. The summed E-state index contributed by atoms with van der Waals surface area (Å²) >= 11 is 5.85. The number of carbonyl (C=O) groups is 2. The molecular formula is C19H23ClN4O2. The summed E-state index contributed by atoms with van der Waals surface area (Å²) in [5.74, 6) is 0.117. The van der Waals surface area contributed by atoms with E-state index in [1.54, 1.807) is 29.2 Å². The standard InChI is InChI=1S/C19H23ClN4O2/c1-13-11-17(14(2)21-13)18(25)12-23-7-9-24(10-8-23)19(26)22-16-5-3-15(20)4-6-16/h3-6,11,21H,7-10,12H2,1-2H3,(H,22,26). The lowest BCUT2D eigenvalue weighted by Crippen LogP contribution is -2.51. The van der Waals surface area contributed by atoms with Gasteiger partial charge in [-0.3, -0.25) is 9.69 Å². The topological polar surface area (TPSA) is 68.4 Å². The molecule has 7 heteroatoms. The zero-order valence-electron chi connectivity index (χ0n) is 15.0. The summed E-state index contributed by atoms with van der Waals surface area (Å²) in [5.41, 5.74) is 3.38. The van der Waals surface area contributed by atoms with Gasteiger partial charge in [-0.05, 0) is 44.2 Å². The number of hydrogen-bond acceptors (Lipinski definition) is 3. The van der Waals surface area contributed by atoms with Crippen molar-refractivity contribution in [3.8, 4) is 0 Å². The van der Waals surface area contributed by atoms with E-state index in [-0.39, 0.29) is 11.8 Å². The van der Waals surface area contributed by atoms with E-state index >= 15 is 0 Å². The van der Waals surface area contributed by atoms with Crippen molar-refractivity contribution < 1.29 is 9.59 Å². The summed E-state index contributed by atoms with van der Waals surface area (Å²) in [6, 6.07) is 8.80. The monoisotopic (exact) mass is 374 g/mol. The highest BCUT2D eigenvalue weighted by Crippen LogP contribution is 2.15. The van der Waals surface area contributed by atoms with Crippen LogP contribution in [0, 0.1) is 13.8 Å². The van der Waals surface area contributed by atoms with Crippen LogP contribution in [0.25, 0.3) is 0 Å². The van der Waals surface area contributed by atoms with Crippen LogP contribution in [-0.4, -0.2) is 59.3 Å². The molecule has 0 spiro atoms. The largest absolute Gasteiger partial charge is 0.362 e. The molecule has 0 bridgehead atoms. The number of piperazine rings is 1. The molecule has 26 heavy (non-hydrogen) atoms. The Bertz CT molecular complexity index is 792. The Balaban J connectivity index is 1.49. The molecule has 2 aromatic rings. The van der Waals surface area contributed by atoms with Crippen LogP contribution >= 0.6 is 11.6 Å². The van der Waals surface area contributed by atoms with Gasteiger partial charge in [0.2, 0.25) is 0 Å². The fourth-order valence-corrected chi connectivity index (χ4v) is 3.27. The Labute approximate surface area is 158 Å². The van der Waals surface area contributed by atoms with E-state index in [1.807, 2.05) is 19.9 Å². The zero-order valence-corrected chi connectivity index (χ0v) is 15.8. The van der Waals surface area contributed by atoms with Crippen molar-refractivity contribution in [2.45, 2.75) is 13.8 Å². The normalized spacial score (nSPS) is 15.1. The van der Waals surface area contributed by atoms with Gasteiger partial charge in [0.25, 0.3) is 0 Å². The predicted octanol–water partition coefficient (Wildman–Crippen LogP) is 3.32. The van der Waals surface area contributed by atoms with Gasteiger partial charge in [0.05, 0.1) is 6.54 Å². The van der Waals surface area contributed by atoms with Crippen LogP contribution in [0.3, 0.4) is 0 Å². The Morgan fingerprint density at radius 1 is 1.12 bits per heavy atom. The Hall–Kier alpha value is -2.31. The van der Waals surface area contributed by atoms with E-state index in [0.29, 0.717) is 37.7 Å². The number of anilines is 1. The van der Waals surface area contributed by atoms with Gasteiger partial charge in [-0.25, -0.2) is 4.79 Å². The van der Waals surface area contributed by atoms with Crippen molar-refractivity contribution in [3.63, 3.8) is 0 Å². The van der Waals surface area contributed by atoms with E-state index in [1.165, 1.54) is 0 Å². The number of urea groups is 1. The van der Waals surface area contributed by atoms with Crippen LogP contribution in [0.2, 0.25) is 5.02 Å². The minimum atomic E-state index is -0.129. The van der Waals surface area contributed by atoms with E-state index in [2.05, 4.69) is 15.2 Å². The number of hydrogen-bond donors (Lipinski definition) is 2. The highest BCUT2D eigenvalue weighted by Gasteiger charge is 2.23. The summed E-state index contributed by atoms with van der Waals surface area (Å²) in [6.45, 7) is 6.80. The summed E-state index contributed by atoms with van der Waals surface area (Å²) in [6.07, 6.45) is 0. The summed E-state index contributed by atoms with van der Waals surface area (Å²) < 4.78 is 0. The Morgan fingerprint density at radius 3 is 2.35 bits per heavy atom. The van der Waals surface area contributed by atoms with Gasteiger partial charge in [-0.15, -0.1) is 0 Å². The molecule has 0 saturated carbocycles.